The summed E-state index contributed by atoms with van der Waals surface area (Å²) in [7, 11) is 0. The number of rotatable bonds is 7. The van der Waals surface area contributed by atoms with Crippen molar-refractivity contribution in [2.45, 2.75) is 27.7 Å². The molecule has 1 aromatic rings. The average Bonchev–Trinajstić information content (AvgIpc) is 2.53. The second kappa shape index (κ2) is 9.15. The summed E-state index contributed by atoms with van der Waals surface area (Å²) < 4.78 is 4.90. The number of esters is 1. The Morgan fingerprint density at radius 3 is 2.74 bits per heavy atom. The van der Waals surface area contributed by atoms with Crippen LogP contribution in [0.5, 0.6) is 0 Å². The van der Waals surface area contributed by atoms with Gasteiger partial charge in [0.2, 0.25) is 0 Å². The van der Waals surface area contributed by atoms with E-state index < -0.39 is 5.92 Å². The molecule has 126 valence electrons. The predicted octanol–water partition coefficient (Wildman–Crippen LogP) is 2.75. The Hall–Kier alpha value is -2.08. The first kappa shape index (κ1) is 19.0. The van der Waals surface area contributed by atoms with Gasteiger partial charge in [0.15, 0.2) is 0 Å². The van der Waals surface area contributed by atoms with Crippen LogP contribution in [0.2, 0.25) is 5.02 Å². The largest absolute Gasteiger partial charge is 0.465 e. The fraction of sp³-hybridized carbons (Fsp3) is 0.438. The van der Waals surface area contributed by atoms with E-state index in [0.29, 0.717) is 17.3 Å². The van der Waals surface area contributed by atoms with E-state index in [1.807, 2.05) is 13.0 Å². The van der Waals surface area contributed by atoms with E-state index in [0.717, 1.165) is 11.3 Å². The number of amides is 1. The van der Waals surface area contributed by atoms with E-state index >= 15 is 0 Å². The lowest BCUT2D eigenvalue weighted by atomic mass is 10.1. The molecule has 1 aromatic carbocycles. The van der Waals surface area contributed by atoms with Gasteiger partial charge < -0.3 is 10.1 Å². The van der Waals surface area contributed by atoms with Crippen molar-refractivity contribution in [3.63, 3.8) is 0 Å². The van der Waals surface area contributed by atoms with Crippen molar-refractivity contribution < 1.29 is 14.3 Å². The third kappa shape index (κ3) is 5.90. The molecule has 0 heterocycles. The maximum Gasteiger partial charge on any atom is 0.314 e. The predicted molar refractivity (Wildman–Crippen MR) is 91.7 cm³/mol. The van der Waals surface area contributed by atoms with Gasteiger partial charge >= 0.3 is 5.97 Å². The molecule has 1 rings (SSSR count). The van der Waals surface area contributed by atoms with Gasteiger partial charge in [0, 0.05) is 16.4 Å². The van der Waals surface area contributed by atoms with Crippen molar-refractivity contribution in [3.05, 3.63) is 28.8 Å². The van der Waals surface area contributed by atoms with Gasteiger partial charge in [0.1, 0.15) is 0 Å². The third-order valence-corrected chi connectivity index (χ3v) is 3.74. The Labute approximate surface area is 141 Å². The van der Waals surface area contributed by atoms with Gasteiger partial charge in [-0.3, -0.25) is 9.59 Å². The first-order valence-corrected chi connectivity index (χ1v) is 7.73. The molecule has 6 nitrogen and oxygen atoms in total. The summed E-state index contributed by atoms with van der Waals surface area (Å²) in [5.41, 5.74) is 4.55. The Bertz CT molecular complexity index is 602. The second-order valence-electron chi connectivity index (χ2n) is 5.03. The van der Waals surface area contributed by atoms with Crippen LogP contribution < -0.4 is 10.7 Å². The van der Waals surface area contributed by atoms with Gasteiger partial charge in [-0.1, -0.05) is 17.7 Å². The highest BCUT2D eigenvalue weighted by molar-refractivity contribution is 6.31. The number of nitrogens with zero attached hydrogens (tertiary/aromatic N) is 1. The molecule has 1 atom stereocenters. The maximum absolute atomic E-state index is 11.8. The lowest BCUT2D eigenvalue weighted by Gasteiger charge is -2.11. The number of hydrazone groups is 1. The Morgan fingerprint density at radius 2 is 2.09 bits per heavy atom. The van der Waals surface area contributed by atoms with Gasteiger partial charge in [0.05, 0.1) is 19.1 Å². The van der Waals surface area contributed by atoms with Crippen molar-refractivity contribution in [1.82, 2.24) is 5.43 Å². The number of anilines is 1. The van der Waals surface area contributed by atoms with Crippen LogP contribution in [0.25, 0.3) is 0 Å². The van der Waals surface area contributed by atoms with Gasteiger partial charge in [-0.25, -0.2) is 5.43 Å². The molecule has 0 saturated heterocycles. The highest BCUT2D eigenvalue weighted by atomic mass is 35.5. The molecule has 23 heavy (non-hydrogen) atoms. The first-order chi connectivity index (χ1) is 10.9. The topological polar surface area (TPSA) is 79.8 Å². The van der Waals surface area contributed by atoms with Gasteiger partial charge in [-0.15, -0.1) is 0 Å². The van der Waals surface area contributed by atoms with Gasteiger partial charge in [-0.05, 0) is 45.4 Å². The fourth-order valence-electron chi connectivity index (χ4n) is 1.70. The molecular formula is C16H22ClN3O3. The summed E-state index contributed by atoms with van der Waals surface area (Å²) in [5.74, 6) is -1.19. The third-order valence-electron chi connectivity index (χ3n) is 3.33. The minimum Gasteiger partial charge on any atom is -0.465 e. The normalized spacial score (nSPS) is 12.5. The number of carbonyl (C=O) groups is 2. The summed E-state index contributed by atoms with van der Waals surface area (Å²) in [5, 5.41) is 7.55. The molecule has 0 fully saturated rings. The molecule has 1 unspecified atom stereocenters. The smallest absolute Gasteiger partial charge is 0.314 e. The highest BCUT2D eigenvalue weighted by Crippen LogP contribution is 2.22. The number of hydrogen-bond acceptors (Lipinski definition) is 5. The number of hydrogen-bond donors (Lipinski definition) is 2. The molecular weight excluding hydrogens is 318 g/mol. The lowest BCUT2D eigenvalue weighted by Crippen LogP contribution is -2.29. The Balaban J connectivity index is 2.52. The molecule has 2 N–H and O–H groups in total. The molecule has 0 aliphatic rings. The number of benzene rings is 1. The molecule has 0 radical (unpaired) electrons. The van der Waals surface area contributed by atoms with Crippen molar-refractivity contribution in [1.29, 1.82) is 0 Å². The van der Waals surface area contributed by atoms with Crippen molar-refractivity contribution in [3.8, 4) is 0 Å². The quantitative estimate of drug-likeness (QED) is 0.455. The summed E-state index contributed by atoms with van der Waals surface area (Å²) >= 11 is 6.02. The molecule has 0 spiro atoms. The SMILES string of the molecule is CCOC(=O)C(C)/C(C)=N/NC(=O)CNc1cccc(Cl)c1C. The summed E-state index contributed by atoms with van der Waals surface area (Å²) in [6, 6.07) is 5.43. The second-order valence-corrected chi connectivity index (χ2v) is 5.44. The van der Waals surface area contributed by atoms with E-state index in [1.54, 1.807) is 32.9 Å². The molecule has 0 aliphatic carbocycles. The van der Waals surface area contributed by atoms with Gasteiger partial charge in [-0.2, -0.15) is 5.10 Å². The van der Waals surface area contributed by atoms with E-state index in [4.69, 9.17) is 16.3 Å². The van der Waals surface area contributed by atoms with E-state index in [1.165, 1.54) is 0 Å². The number of ether oxygens (including phenoxy) is 1. The maximum atomic E-state index is 11.8. The standard InChI is InChI=1S/C16H22ClN3O3/c1-5-23-16(22)10(2)12(4)19-20-15(21)9-18-14-8-6-7-13(17)11(14)3/h6-8,10,18H,5,9H2,1-4H3,(H,20,21)/b19-12+. The highest BCUT2D eigenvalue weighted by Gasteiger charge is 2.17. The van der Waals surface area contributed by atoms with E-state index in [2.05, 4.69) is 15.8 Å². The van der Waals surface area contributed by atoms with Crippen LogP contribution in [0.15, 0.2) is 23.3 Å². The molecule has 0 aromatic heterocycles. The van der Waals surface area contributed by atoms with Gasteiger partial charge in [0.25, 0.3) is 5.91 Å². The van der Waals surface area contributed by atoms with Crippen LogP contribution >= 0.6 is 11.6 Å². The minimum absolute atomic E-state index is 0.0474. The minimum atomic E-state index is -0.501. The Kier molecular flexibility index (Phi) is 7.54. The van der Waals surface area contributed by atoms with E-state index in [9.17, 15) is 9.59 Å². The van der Waals surface area contributed by atoms with Crippen LogP contribution in [0.3, 0.4) is 0 Å². The zero-order chi connectivity index (χ0) is 17.4. The zero-order valence-corrected chi connectivity index (χ0v) is 14.5. The monoisotopic (exact) mass is 339 g/mol. The molecule has 0 saturated carbocycles. The summed E-state index contributed by atoms with van der Waals surface area (Å²) in [6.07, 6.45) is 0. The number of nitrogens with one attached hydrogen (secondary N) is 2. The average molecular weight is 340 g/mol. The number of halogens is 1. The lowest BCUT2D eigenvalue weighted by molar-refractivity contribution is -0.145. The number of carbonyl (C=O) groups excluding carboxylic acids is 2. The van der Waals surface area contributed by atoms with Crippen molar-refractivity contribution >= 4 is 34.9 Å². The molecule has 0 bridgehead atoms. The zero-order valence-electron chi connectivity index (χ0n) is 13.8. The van der Waals surface area contributed by atoms with Crippen molar-refractivity contribution in [2.75, 3.05) is 18.5 Å². The molecule has 0 aliphatic heterocycles. The molecule has 1 amide bonds. The fourth-order valence-corrected chi connectivity index (χ4v) is 1.87. The summed E-state index contributed by atoms with van der Waals surface area (Å²) in [6.45, 7) is 7.30. The first-order valence-electron chi connectivity index (χ1n) is 7.35. The Morgan fingerprint density at radius 1 is 1.39 bits per heavy atom. The van der Waals surface area contributed by atoms with Crippen LogP contribution in [-0.2, 0) is 14.3 Å². The van der Waals surface area contributed by atoms with Crippen LogP contribution in [0.1, 0.15) is 26.3 Å². The van der Waals surface area contributed by atoms with Crippen LogP contribution in [0, 0.1) is 12.8 Å². The van der Waals surface area contributed by atoms with E-state index in [-0.39, 0.29) is 18.4 Å². The summed E-state index contributed by atoms with van der Waals surface area (Å²) in [4.78, 5) is 23.4. The molecule has 7 heteroatoms. The van der Waals surface area contributed by atoms with Crippen LogP contribution in [-0.4, -0.2) is 30.7 Å². The van der Waals surface area contributed by atoms with Crippen LogP contribution in [0.4, 0.5) is 5.69 Å². The van der Waals surface area contributed by atoms with Crippen molar-refractivity contribution in [2.24, 2.45) is 11.0 Å².